The van der Waals surface area contributed by atoms with Crippen LogP contribution in [0.4, 0.5) is 4.79 Å². The molecular weight excluding hydrogens is 266 g/mol. The van der Waals surface area contributed by atoms with Crippen molar-refractivity contribution in [3.63, 3.8) is 0 Å². The number of hydrogen-bond acceptors (Lipinski definition) is 5. The first-order chi connectivity index (χ1) is 9.41. The van der Waals surface area contributed by atoms with Crippen LogP contribution >= 0.6 is 0 Å². The summed E-state index contributed by atoms with van der Waals surface area (Å²) in [5.41, 5.74) is -0.511. The normalized spacial score (nSPS) is 25.4. The summed E-state index contributed by atoms with van der Waals surface area (Å²) in [6, 6.07) is 0.674. The molecule has 2 heterocycles. The fourth-order valence-corrected chi connectivity index (χ4v) is 1.97. The molecule has 2 unspecified atom stereocenters. The molecule has 0 saturated carbocycles. The average Bonchev–Trinajstić information content (AvgIpc) is 2.95. The Morgan fingerprint density at radius 3 is 2.95 bits per heavy atom. The maximum absolute atomic E-state index is 11.8. The molecular formula is C12H17N3O5. The quantitative estimate of drug-likeness (QED) is 0.731. The minimum absolute atomic E-state index is 0.0791. The number of ether oxygens (including phenoxy) is 1. The van der Waals surface area contributed by atoms with Crippen LogP contribution in [0.1, 0.15) is 18.4 Å². The lowest BCUT2D eigenvalue weighted by Gasteiger charge is -2.25. The predicted molar refractivity (Wildman–Crippen MR) is 67.0 cm³/mol. The first-order valence-electron chi connectivity index (χ1n) is 6.19. The molecule has 3 N–H and O–H groups in total. The van der Waals surface area contributed by atoms with Crippen LogP contribution < -0.4 is 10.6 Å². The van der Waals surface area contributed by atoms with Gasteiger partial charge in [-0.2, -0.15) is 0 Å². The molecule has 2 atom stereocenters. The first-order valence-corrected chi connectivity index (χ1v) is 6.19. The van der Waals surface area contributed by atoms with E-state index in [1.165, 1.54) is 0 Å². The zero-order chi connectivity index (χ0) is 14.8. The Labute approximate surface area is 115 Å². The molecule has 1 fully saturated rings. The number of aromatic nitrogens is 1. The molecule has 0 aromatic carbocycles. The number of aryl methyl sites for hydroxylation is 1. The van der Waals surface area contributed by atoms with E-state index in [0.29, 0.717) is 11.5 Å². The van der Waals surface area contributed by atoms with Crippen molar-refractivity contribution in [2.45, 2.75) is 26.4 Å². The third-order valence-corrected chi connectivity index (χ3v) is 3.36. The fourth-order valence-electron chi connectivity index (χ4n) is 1.97. The van der Waals surface area contributed by atoms with E-state index >= 15 is 0 Å². The molecule has 1 aliphatic heterocycles. The summed E-state index contributed by atoms with van der Waals surface area (Å²) in [6.07, 6.45) is 0. The van der Waals surface area contributed by atoms with Gasteiger partial charge in [0, 0.05) is 6.07 Å². The molecule has 8 heteroatoms. The Hall–Kier alpha value is -2.09. The zero-order valence-electron chi connectivity index (χ0n) is 11.3. The summed E-state index contributed by atoms with van der Waals surface area (Å²) >= 11 is 0. The van der Waals surface area contributed by atoms with Crippen molar-refractivity contribution in [3.8, 4) is 0 Å². The van der Waals surface area contributed by atoms with E-state index in [0.717, 1.165) is 0 Å². The van der Waals surface area contributed by atoms with Crippen molar-refractivity contribution in [1.29, 1.82) is 0 Å². The molecule has 20 heavy (non-hydrogen) atoms. The number of carboxylic acids is 1. The van der Waals surface area contributed by atoms with Crippen molar-refractivity contribution in [2.24, 2.45) is 5.41 Å². The van der Waals surface area contributed by atoms with Gasteiger partial charge in [-0.1, -0.05) is 5.16 Å². The van der Waals surface area contributed by atoms with E-state index in [2.05, 4.69) is 15.8 Å². The minimum atomic E-state index is -1.11. The number of urea groups is 1. The Bertz CT molecular complexity index is 515. The van der Waals surface area contributed by atoms with Gasteiger partial charge in [-0.3, -0.25) is 4.79 Å². The summed E-state index contributed by atoms with van der Waals surface area (Å²) in [7, 11) is 0. The van der Waals surface area contributed by atoms with Gasteiger partial charge in [0.05, 0.1) is 25.8 Å². The summed E-state index contributed by atoms with van der Waals surface area (Å²) < 4.78 is 10.0. The number of carbonyl (C=O) groups is 2. The van der Waals surface area contributed by atoms with Gasteiger partial charge in [0.25, 0.3) is 0 Å². The molecule has 1 aromatic heterocycles. The Balaban J connectivity index is 1.86. The van der Waals surface area contributed by atoms with E-state index < -0.39 is 23.5 Å². The molecule has 2 amide bonds. The van der Waals surface area contributed by atoms with Crippen LogP contribution in [0.3, 0.4) is 0 Å². The van der Waals surface area contributed by atoms with Crippen LogP contribution in [-0.4, -0.2) is 41.5 Å². The van der Waals surface area contributed by atoms with Crippen LogP contribution in [-0.2, 0) is 16.1 Å². The third-order valence-electron chi connectivity index (χ3n) is 3.36. The maximum atomic E-state index is 11.8. The van der Waals surface area contributed by atoms with Gasteiger partial charge in [-0.15, -0.1) is 0 Å². The Morgan fingerprint density at radius 1 is 1.60 bits per heavy atom. The fraction of sp³-hybridized carbons (Fsp3) is 0.583. The van der Waals surface area contributed by atoms with Gasteiger partial charge in [0.1, 0.15) is 16.9 Å². The zero-order valence-corrected chi connectivity index (χ0v) is 11.3. The third kappa shape index (κ3) is 2.90. The molecule has 8 nitrogen and oxygen atoms in total. The van der Waals surface area contributed by atoms with Crippen LogP contribution in [0.2, 0.25) is 0 Å². The van der Waals surface area contributed by atoms with Crippen molar-refractivity contribution in [3.05, 3.63) is 17.5 Å². The van der Waals surface area contributed by atoms with Gasteiger partial charge >= 0.3 is 12.0 Å². The standard InChI is InChI=1S/C12H17N3O5/c1-7-3-8(15-20-7)4-13-11(18)14-9-5-19-6-12(9,2)10(16)17/h3,9H,4-6H2,1-2H3,(H,16,17)(H2,13,14,18). The second-order valence-electron chi connectivity index (χ2n) is 5.05. The van der Waals surface area contributed by atoms with Crippen molar-refractivity contribution in [2.75, 3.05) is 13.2 Å². The Kier molecular flexibility index (Phi) is 3.93. The molecule has 2 rings (SSSR count). The van der Waals surface area contributed by atoms with Gasteiger partial charge in [0.15, 0.2) is 0 Å². The molecule has 1 aromatic rings. The number of nitrogens with one attached hydrogen (secondary N) is 2. The molecule has 0 aliphatic carbocycles. The number of aliphatic carboxylic acids is 1. The molecule has 0 radical (unpaired) electrons. The number of amides is 2. The number of nitrogens with zero attached hydrogens (tertiary/aromatic N) is 1. The largest absolute Gasteiger partial charge is 0.481 e. The molecule has 0 spiro atoms. The van der Waals surface area contributed by atoms with E-state index in [1.54, 1.807) is 19.9 Å². The number of rotatable bonds is 4. The van der Waals surface area contributed by atoms with Gasteiger partial charge in [-0.05, 0) is 13.8 Å². The highest BCUT2D eigenvalue weighted by molar-refractivity contribution is 5.79. The highest BCUT2D eigenvalue weighted by Crippen LogP contribution is 2.28. The SMILES string of the molecule is Cc1cc(CNC(=O)NC2COCC2(C)C(=O)O)no1. The lowest BCUT2D eigenvalue weighted by atomic mass is 9.85. The highest BCUT2D eigenvalue weighted by atomic mass is 16.5. The van der Waals surface area contributed by atoms with Crippen LogP contribution in [0.5, 0.6) is 0 Å². The monoisotopic (exact) mass is 283 g/mol. The van der Waals surface area contributed by atoms with Crippen LogP contribution in [0.15, 0.2) is 10.6 Å². The highest BCUT2D eigenvalue weighted by Gasteiger charge is 2.47. The van der Waals surface area contributed by atoms with Crippen LogP contribution in [0.25, 0.3) is 0 Å². The molecule has 1 aliphatic rings. The maximum Gasteiger partial charge on any atom is 0.315 e. The number of carboxylic acid groups (broad SMARTS) is 1. The lowest BCUT2D eigenvalue weighted by Crippen LogP contribution is -2.52. The van der Waals surface area contributed by atoms with Crippen molar-refractivity contribution >= 4 is 12.0 Å². The lowest BCUT2D eigenvalue weighted by molar-refractivity contribution is -0.148. The number of carbonyl (C=O) groups excluding carboxylic acids is 1. The second kappa shape index (κ2) is 5.49. The van der Waals surface area contributed by atoms with Gasteiger partial charge in [0.2, 0.25) is 0 Å². The summed E-state index contributed by atoms with van der Waals surface area (Å²) in [6.45, 7) is 3.77. The number of hydrogen-bond donors (Lipinski definition) is 3. The van der Waals surface area contributed by atoms with E-state index in [-0.39, 0.29) is 19.8 Å². The molecule has 0 bridgehead atoms. The summed E-state index contributed by atoms with van der Waals surface area (Å²) in [5.74, 6) is -0.336. The van der Waals surface area contributed by atoms with E-state index in [1.807, 2.05) is 0 Å². The predicted octanol–water partition coefficient (Wildman–Crippen LogP) is 0.272. The topological polar surface area (TPSA) is 114 Å². The summed E-state index contributed by atoms with van der Waals surface area (Å²) in [5, 5.41) is 18.1. The van der Waals surface area contributed by atoms with Crippen LogP contribution in [0, 0.1) is 12.3 Å². The van der Waals surface area contributed by atoms with Gasteiger partial charge < -0.3 is 25.0 Å². The first kappa shape index (κ1) is 14.3. The van der Waals surface area contributed by atoms with E-state index in [4.69, 9.17) is 9.26 Å². The van der Waals surface area contributed by atoms with E-state index in [9.17, 15) is 14.7 Å². The molecule has 110 valence electrons. The second-order valence-corrected chi connectivity index (χ2v) is 5.05. The average molecular weight is 283 g/mol. The summed E-state index contributed by atoms with van der Waals surface area (Å²) in [4.78, 5) is 23.0. The van der Waals surface area contributed by atoms with Crippen molar-refractivity contribution < 1.29 is 24.0 Å². The van der Waals surface area contributed by atoms with Gasteiger partial charge in [-0.25, -0.2) is 4.79 Å². The minimum Gasteiger partial charge on any atom is -0.481 e. The smallest absolute Gasteiger partial charge is 0.315 e. The van der Waals surface area contributed by atoms with Crippen molar-refractivity contribution in [1.82, 2.24) is 15.8 Å². The Morgan fingerprint density at radius 2 is 2.35 bits per heavy atom. The molecule has 1 saturated heterocycles.